The summed E-state index contributed by atoms with van der Waals surface area (Å²) in [6.45, 7) is 0. The van der Waals surface area contributed by atoms with Crippen LogP contribution in [0.25, 0.3) is 0 Å². The summed E-state index contributed by atoms with van der Waals surface area (Å²) in [5.41, 5.74) is 0. The molecule has 14 heavy (non-hydrogen) atoms. The van der Waals surface area contributed by atoms with E-state index in [0.717, 1.165) is 3.83 Å². The quantitative estimate of drug-likeness (QED) is 0.731. The first-order valence-electron chi connectivity index (χ1n) is 5.35. The fourth-order valence-electron chi connectivity index (χ4n) is 2.09. The zero-order valence-corrected chi connectivity index (χ0v) is 11.2. The lowest BCUT2D eigenvalue weighted by Gasteiger charge is -2.16. The minimum absolute atomic E-state index is 0.705. The summed E-state index contributed by atoms with van der Waals surface area (Å²) in [6.07, 6.45) is 9.65. The van der Waals surface area contributed by atoms with Gasteiger partial charge in [-0.2, -0.15) is 4.37 Å². The fraction of sp³-hybridized carbons (Fsp3) is 0.800. The predicted octanol–water partition coefficient (Wildman–Crippen LogP) is 3.97. The van der Waals surface area contributed by atoms with Gasteiger partial charge >= 0.3 is 0 Å². The van der Waals surface area contributed by atoms with E-state index in [-0.39, 0.29) is 0 Å². The van der Waals surface area contributed by atoms with Crippen molar-refractivity contribution in [3.63, 3.8) is 0 Å². The zero-order valence-electron chi connectivity index (χ0n) is 8.21. The van der Waals surface area contributed by atoms with Crippen molar-refractivity contribution >= 4 is 34.1 Å². The van der Waals surface area contributed by atoms with E-state index in [4.69, 9.17) is 0 Å². The molecule has 0 atom stereocenters. The molecular weight excluding hydrogens is 307 g/mol. The highest BCUT2D eigenvalue weighted by atomic mass is 127. The highest BCUT2D eigenvalue weighted by Gasteiger charge is 2.17. The van der Waals surface area contributed by atoms with Crippen molar-refractivity contribution in [1.29, 1.82) is 0 Å². The number of hydrogen-bond acceptors (Lipinski definition) is 3. The maximum atomic E-state index is 4.50. The molecule has 0 spiro atoms. The van der Waals surface area contributed by atoms with Gasteiger partial charge in [0.25, 0.3) is 0 Å². The third-order valence-electron chi connectivity index (χ3n) is 2.87. The van der Waals surface area contributed by atoms with Gasteiger partial charge in [-0.05, 0) is 24.4 Å². The lowest BCUT2D eigenvalue weighted by Crippen LogP contribution is -2.01. The average Bonchev–Trinajstić information content (AvgIpc) is 2.51. The largest absolute Gasteiger partial charge is 0.215 e. The molecule has 0 aromatic carbocycles. The maximum absolute atomic E-state index is 4.50. The van der Waals surface area contributed by atoms with Crippen molar-refractivity contribution in [3.05, 3.63) is 8.84 Å². The van der Waals surface area contributed by atoms with Crippen molar-refractivity contribution in [3.8, 4) is 0 Å². The Morgan fingerprint density at radius 3 is 2.29 bits per heavy atom. The van der Waals surface area contributed by atoms with E-state index in [1.54, 1.807) is 11.5 Å². The van der Waals surface area contributed by atoms with Crippen LogP contribution in [-0.2, 0) is 0 Å². The monoisotopic (exact) mass is 322 g/mol. The first-order valence-corrected chi connectivity index (χ1v) is 7.20. The molecule has 0 radical (unpaired) electrons. The van der Waals surface area contributed by atoms with Crippen LogP contribution < -0.4 is 0 Å². The number of nitrogens with zero attached hydrogens (tertiary/aromatic N) is 2. The van der Waals surface area contributed by atoms with Gasteiger partial charge in [0, 0.05) is 28.5 Å². The van der Waals surface area contributed by atoms with Crippen LogP contribution >= 0.6 is 34.1 Å². The Balaban J connectivity index is 2.00. The zero-order chi connectivity index (χ0) is 9.80. The molecule has 2 nitrogen and oxygen atoms in total. The summed E-state index contributed by atoms with van der Waals surface area (Å²) < 4.78 is 5.18. The average molecular weight is 322 g/mol. The van der Waals surface area contributed by atoms with Crippen LogP contribution in [0, 0.1) is 3.83 Å². The highest BCUT2D eigenvalue weighted by Crippen LogP contribution is 2.31. The van der Waals surface area contributed by atoms with E-state index in [1.807, 2.05) is 0 Å². The second-order valence-corrected chi connectivity index (χ2v) is 5.69. The van der Waals surface area contributed by atoms with Crippen LogP contribution in [0.15, 0.2) is 0 Å². The molecule has 1 saturated carbocycles. The Morgan fingerprint density at radius 2 is 1.71 bits per heavy atom. The third-order valence-corrected chi connectivity index (χ3v) is 4.56. The lowest BCUT2D eigenvalue weighted by molar-refractivity contribution is 0.454. The molecular formula is C10H15IN2S. The van der Waals surface area contributed by atoms with E-state index in [2.05, 4.69) is 31.9 Å². The fourth-order valence-corrected chi connectivity index (χ4v) is 3.53. The van der Waals surface area contributed by atoms with Gasteiger partial charge in [-0.25, -0.2) is 4.98 Å². The maximum Gasteiger partial charge on any atom is 0.203 e. The minimum atomic E-state index is 0.705. The summed E-state index contributed by atoms with van der Waals surface area (Å²) in [7, 11) is 0. The Bertz CT molecular complexity index is 279. The van der Waals surface area contributed by atoms with Gasteiger partial charge in [0.1, 0.15) is 5.01 Å². The van der Waals surface area contributed by atoms with E-state index in [0.29, 0.717) is 5.92 Å². The van der Waals surface area contributed by atoms with E-state index < -0.39 is 0 Å². The molecule has 0 saturated heterocycles. The molecule has 1 aliphatic carbocycles. The van der Waals surface area contributed by atoms with Crippen LogP contribution in [0.5, 0.6) is 0 Å². The normalized spacial score (nSPS) is 20.4. The molecule has 0 aliphatic heterocycles. The van der Waals surface area contributed by atoms with Crippen molar-refractivity contribution in [2.45, 2.75) is 50.9 Å². The lowest BCUT2D eigenvalue weighted by atomic mass is 9.92. The van der Waals surface area contributed by atoms with Crippen molar-refractivity contribution in [2.75, 3.05) is 0 Å². The smallest absolute Gasteiger partial charge is 0.203 e. The molecule has 1 aromatic rings. The van der Waals surface area contributed by atoms with Gasteiger partial charge in [0.2, 0.25) is 3.83 Å². The summed E-state index contributed by atoms with van der Waals surface area (Å²) in [6, 6.07) is 0. The molecule has 78 valence electrons. The van der Waals surface area contributed by atoms with Crippen molar-refractivity contribution in [1.82, 2.24) is 9.36 Å². The molecule has 2 rings (SSSR count). The van der Waals surface area contributed by atoms with E-state index in [9.17, 15) is 0 Å². The van der Waals surface area contributed by atoms with Crippen molar-refractivity contribution < 1.29 is 0 Å². The van der Waals surface area contributed by atoms with Gasteiger partial charge in [0.05, 0.1) is 0 Å². The number of rotatable bonds is 1. The number of halogens is 1. The Labute approximate surface area is 103 Å². The Morgan fingerprint density at radius 1 is 1.07 bits per heavy atom. The van der Waals surface area contributed by atoms with Crippen LogP contribution in [0.4, 0.5) is 0 Å². The number of hydrogen-bond donors (Lipinski definition) is 0. The molecule has 0 N–H and O–H groups in total. The summed E-state index contributed by atoms with van der Waals surface area (Å²) in [4.78, 5) is 4.50. The van der Waals surface area contributed by atoms with Crippen LogP contribution in [0.3, 0.4) is 0 Å². The first-order chi connectivity index (χ1) is 6.86. The summed E-state index contributed by atoms with van der Waals surface area (Å²) in [5, 5.41) is 1.27. The standard InChI is InChI=1S/C10H15IN2S/c11-10-12-9(14-13-10)8-6-4-2-1-3-5-7-8/h8H,1-7H2. The Hall–Kier alpha value is 0.290. The third kappa shape index (κ3) is 2.89. The molecule has 1 fully saturated rings. The highest BCUT2D eigenvalue weighted by molar-refractivity contribution is 14.1. The predicted molar refractivity (Wildman–Crippen MR) is 67.7 cm³/mol. The van der Waals surface area contributed by atoms with Crippen LogP contribution in [-0.4, -0.2) is 9.36 Å². The molecule has 0 bridgehead atoms. The van der Waals surface area contributed by atoms with Crippen LogP contribution in [0.1, 0.15) is 55.9 Å². The topological polar surface area (TPSA) is 25.8 Å². The molecule has 0 amide bonds. The molecule has 1 heterocycles. The van der Waals surface area contributed by atoms with E-state index >= 15 is 0 Å². The number of aromatic nitrogens is 2. The summed E-state index contributed by atoms with van der Waals surface area (Å²) >= 11 is 3.81. The summed E-state index contributed by atoms with van der Waals surface area (Å²) in [5.74, 6) is 0.705. The van der Waals surface area contributed by atoms with Crippen molar-refractivity contribution in [2.24, 2.45) is 0 Å². The first kappa shape index (κ1) is 10.8. The SMILES string of the molecule is Ic1nsc(C2CCCCCCC2)n1. The molecule has 1 aliphatic rings. The minimum Gasteiger partial charge on any atom is -0.215 e. The second-order valence-electron chi connectivity index (χ2n) is 3.94. The van der Waals surface area contributed by atoms with Crippen LogP contribution in [0.2, 0.25) is 0 Å². The molecule has 0 unspecified atom stereocenters. The van der Waals surface area contributed by atoms with Gasteiger partial charge in [-0.1, -0.05) is 32.1 Å². The molecule has 4 heteroatoms. The van der Waals surface area contributed by atoms with Gasteiger partial charge in [0.15, 0.2) is 0 Å². The van der Waals surface area contributed by atoms with Gasteiger partial charge in [-0.3, -0.25) is 0 Å². The van der Waals surface area contributed by atoms with Gasteiger partial charge < -0.3 is 0 Å². The second kappa shape index (κ2) is 5.39. The Kier molecular flexibility index (Phi) is 4.16. The molecule has 1 aromatic heterocycles. The van der Waals surface area contributed by atoms with E-state index in [1.165, 1.54) is 50.0 Å². The van der Waals surface area contributed by atoms with Gasteiger partial charge in [-0.15, -0.1) is 0 Å².